The van der Waals surface area contributed by atoms with Crippen LogP contribution in [0.15, 0.2) is 90.4 Å². The van der Waals surface area contributed by atoms with E-state index in [4.69, 9.17) is 23.7 Å². The molecule has 1 N–H and O–H groups in total. The third-order valence-corrected chi connectivity index (χ3v) is 14.7. The van der Waals surface area contributed by atoms with Crippen molar-refractivity contribution in [3.63, 3.8) is 0 Å². The number of nitrogens with zero attached hydrogens (tertiary/aromatic N) is 6. The lowest BCUT2D eigenvalue weighted by Gasteiger charge is -2.35. The maximum absolute atomic E-state index is 14.7. The number of alkyl halides is 3. The molecule has 3 atom stereocenters. The molecule has 3 aliphatic heterocycles. The number of hydrogen-bond acceptors (Lipinski definition) is 13. The number of aryl methyl sites for hydroxylation is 1. The molecule has 8 rings (SSSR count). The lowest BCUT2D eigenvalue weighted by Crippen LogP contribution is -2.55. The first kappa shape index (κ1) is 57.8. The summed E-state index contributed by atoms with van der Waals surface area (Å²) in [4.78, 5) is 80.2. The van der Waals surface area contributed by atoms with Crippen molar-refractivity contribution in [2.45, 2.75) is 110 Å². The number of likely N-dealkylation sites (tertiary alicyclic amines) is 1. The minimum absolute atomic E-state index is 0.0998. The van der Waals surface area contributed by atoms with E-state index in [0.717, 1.165) is 33.8 Å². The lowest BCUT2D eigenvalue weighted by atomic mass is 10.0. The Hall–Kier alpha value is -7.38. The van der Waals surface area contributed by atoms with Gasteiger partial charge in [0, 0.05) is 42.9 Å². The molecule has 0 bridgehead atoms. The van der Waals surface area contributed by atoms with Gasteiger partial charge in [-0.15, -0.1) is 11.3 Å². The van der Waals surface area contributed by atoms with Gasteiger partial charge in [-0.2, -0.15) is 18.4 Å². The highest BCUT2D eigenvalue weighted by Gasteiger charge is 2.53. The van der Waals surface area contributed by atoms with E-state index in [1.54, 1.807) is 45.6 Å². The molecule has 5 aromatic rings. The molecule has 6 amide bonds. The first-order chi connectivity index (χ1) is 37.5. The second kappa shape index (κ2) is 23.9. The average Bonchev–Trinajstić information content (AvgIpc) is 4.30. The van der Waals surface area contributed by atoms with Crippen LogP contribution < -0.4 is 24.6 Å². The van der Waals surface area contributed by atoms with Gasteiger partial charge in [0.1, 0.15) is 42.3 Å². The van der Waals surface area contributed by atoms with Crippen molar-refractivity contribution in [1.29, 1.82) is 5.26 Å². The van der Waals surface area contributed by atoms with Crippen LogP contribution in [0.25, 0.3) is 10.4 Å². The number of nitriles is 1. The quantitative estimate of drug-likeness (QED) is 0.0542. The van der Waals surface area contributed by atoms with Crippen LogP contribution in [-0.2, 0) is 47.9 Å². The predicted octanol–water partition coefficient (Wildman–Crippen LogP) is 9.33. The van der Waals surface area contributed by atoms with Gasteiger partial charge in [-0.3, -0.25) is 24.1 Å². The van der Waals surface area contributed by atoms with E-state index in [-0.39, 0.29) is 88.5 Å². The van der Waals surface area contributed by atoms with Gasteiger partial charge in [-0.1, -0.05) is 44.2 Å². The van der Waals surface area contributed by atoms with Gasteiger partial charge >= 0.3 is 12.2 Å². The summed E-state index contributed by atoms with van der Waals surface area (Å²) >= 11 is 1.50. The van der Waals surface area contributed by atoms with Crippen molar-refractivity contribution >= 4 is 52.4 Å². The Kier molecular flexibility index (Phi) is 17.5. The van der Waals surface area contributed by atoms with Crippen LogP contribution in [0, 0.1) is 24.2 Å². The molecule has 0 unspecified atom stereocenters. The molecule has 4 heterocycles. The summed E-state index contributed by atoms with van der Waals surface area (Å²) in [5.74, 6) is -0.850. The summed E-state index contributed by atoms with van der Waals surface area (Å²) in [6.45, 7) is 16.4. The Balaban J connectivity index is 0.821. The standard InChI is InChI=1S/C58H64F3N7O10S/c1-35(2)49(66-32-40-11-9-10-12-45(40)52(66)70)53(71)65-33-44(78-56(4,5)6)29-47(65)51(69)63-31-39-14-13-37(50-36(3)64-34-79-50)27-48(39)77-26-24-75-22-21-74-23-25-76-43-19-17-41(18-20-43)68-55(73)67(54(72)57(68,7)8)42-16-15-38(30-62)46(28-42)58(59,60)61/h9-20,27-28,34-35,44,47,49H,21-26,29,31-33H2,1-8H3,(H,63,69)/t44-,47+,49+/m1/s1. The Morgan fingerprint density at radius 1 is 0.886 bits per heavy atom. The third-order valence-electron chi connectivity index (χ3n) is 13.8. The second-order valence-corrected chi connectivity index (χ2v) is 22.1. The SMILES string of the molecule is Cc1ncsc1-c1ccc(CNC(=O)[C@@H]2C[C@@H](OC(C)(C)C)CN2C(=O)[C@H](C(C)C)N2Cc3ccccc3C2=O)c(OCCOCCOCCOc2ccc(N3C(=O)N(c4ccc(C#N)c(C(F)(F)F)c4)C(=O)C3(C)C)cc2)c1. The smallest absolute Gasteiger partial charge is 0.417 e. The highest BCUT2D eigenvalue weighted by atomic mass is 32.1. The molecule has 0 radical (unpaired) electrons. The second-order valence-electron chi connectivity index (χ2n) is 21.3. The van der Waals surface area contributed by atoms with E-state index >= 15 is 0 Å². The number of rotatable bonds is 21. The summed E-state index contributed by atoms with van der Waals surface area (Å²) in [5.41, 5.74) is 1.83. The van der Waals surface area contributed by atoms with Crippen LogP contribution in [0.3, 0.4) is 0 Å². The first-order valence-electron chi connectivity index (χ1n) is 26.0. The number of carbonyl (C=O) groups excluding carboxylic acids is 5. The highest BCUT2D eigenvalue weighted by molar-refractivity contribution is 7.13. The summed E-state index contributed by atoms with van der Waals surface area (Å²) < 4.78 is 71.2. The zero-order chi connectivity index (χ0) is 57.0. The molecule has 79 heavy (non-hydrogen) atoms. The fraction of sp³-hybridized carbons (Fsp3) is 0.431. The number of aromatic nitrogens is 1. The van der Waals surface area contributed by atoms with E-state index in [1.165, 1.54) is 36.2 Å². The fourth-order valence-corrected chi connectivity index (χ4v) is 10.9. The van der Waals surface area contributed by atoms with Crippen LogP contribution in [0.2, 0.25) is 0 Å². The van der Waals surface area contributed by atoms with Gasteiger partial charge in [0.2, 0.25) is 11.8 Å². The molecular weight excluding hydrogens is 1040 g/mol. The summed E-state index contributed by atoms with van der Waals surface area (Å²) in [6.07, 6.45) is -5.01. The number of amides is 6. The zero-order valence-corrected chi connectivity index (χ0v) is 46.2. The number of benzene rings is 4. The number of halogens is 3. The summed E-state index contributed by atoms with van der Waals surface area (Å²) in [7, 11) is 0. The van der Waals surface area contributed by atoms with Gasteiger partial charge < -0.3 is 38.8 Å². The van der Waals surface area contributed by atoms with Crippen molar-refractivity contribution in [1.82, 2.24) is 20.1 Å². The molecule has 0 spiro atoms. The van der Waals surface area contributed by atoms with Crippen molar-refractivity contribution in [2.24, 2.45) is 5.92 Å². The van der Waals surface area contributed by atoms with Crippen LogP contribution in [0.5, 0.6) is 11.5 Å². The number of anilines is 2. The Bertz CT molecular complexity index is 3120. The number of ether oxygens (including phenoxy) is 5. The third kappa shape index (κ3) is 12.9. The predicted molar refractivity (Wildman–Crippen MR) is 288 cm³/mol. The molecule has 17 nitrogen and oxygen atoms in total. The van der Waals surface area contributed by atoms with Crippen molar-refractivity contribution in [3.05, 3.63) is 124 Å². The van der Waals surface area contributed by atoms with Gasteiger partial charge in [0.25, 0.3) is 11.8 Å². The lowest BCUT2D eigenvalue weighted by molar-refractivity contribution is -0.143. The van der Waals surface area contributed by atoms with Crippen LogP contribution in [0.4, 0.5) is 29.3 Å². The van der Waals surface area contributed by atoms with Crippen LogP contribution in [-0.4, -0.2) is 120 Å². The average molecular weight is 1110 g/mol. The first-order valence-corrected chi connectivity index (χ1v) is 26.9. The molecule has 0 aliphatic carbocycles. The zero-order valence-electron chi connectivity index (χ0n) is 45.3. The molecule has 2 saturated heterocycles. The molecule has 21 heteroatoms. The number of carbonyl (C=O) groups is 5. The number of thiazole rings is 1. The topological polar surface area (TPSA) is 193 Å². The minimum Gasteiger partial charge on any atom is -0.491 e. The maximum Gasteiger partial charge on any atom is 0.417 e. The molecule has 2 fully saturated rings. The Labute approximate surface area is 461 Å². The minimum atomic E-state index is -4.88. The Morgan fingerprint density at radius 2 is 1.56 bits per heavy atom. The normalized spacial score (nSPS) is 17.6. The van der Waals surface area contributed by atoms with Crippen molar-refractivity contribution < 1.29 is 60.8 Å². The van der Waals surface area contributed by atoms with Gasteiger partial charge in [-0.05, 0) is 113 Å². The number of urea groups is 1. The molecular formula is C58H64F3N7O10S. The van der Waals surface area contributed by atoms with Gasteiger partial charge in [0.15, 0.2) is 0 Å². The maximum atomic E-state index is 14.7. The highest BCUT2D eigenvalue weighted by Crippen LogP contribution is 2.41. The number of nitrogens with one attached hydrogen (secondary N) is 1. The molecule has 418 valence electrons. The van der Waals surface area contributed by atoms with E-state index in [0.29, 0.717) is 45.8 Å². The largest absolute Gasteiger partial charge is 0.491 e. The number of hydrogen-bond donors (Lipinski definition) is 1. The van der Waals surface area contributed by atoms with E-state index < -0.39 is 58.6 Å². The molecule has 0 saturated carbocycles. The van der Waals surface area contributed by atoms with Gasteiger partial charge in [-0.25, -0.2) is 14.7 Å². The van der Waals surface area contributed by atoms with E-state index in [9.17, 15) is 42.4 Å². The van der Waals surface area contributed by atoms with Gasteiger partial charge in [0.05, 0.1) is 77.1 Å². The molecule has 1 aromatic heterocycles. The van der Waals surface area contributed by atoms with Crippen molar-refractivity contribution in [2.75, 3.05) is 56.0 Å². The summed E-state index contributed by atoms with van der Waals surface area (Å²) in [6, 6.07) is 21.1. The molecule has 3 aliphatic rings. The van der Waals surface area contributed by atoms with E-state index in [2.05, 4.69) is 10.3 Å². The van der Waals surface area contributed by atoms with Crippen LogP contribution >= 0.6 is 11.3 Å². The Morgan fingerprint density at radius 3 is 2.19 bits per heavy atom. The van der Waals surface area contributed by atoms with Crippen LogP contribution in [0.1, 0.15) is 93.2 Å². The number of imide groups is 1. The van der Waals surface area contributed by atoms with Crippen molar-refractivity contribution in [3.8, 4) is 28.0 Å². The fourth-order valence-electron chi connectivity index (χ4n) is 10.1. The number of fused-ring (bicyclic) bond motifs is 1. The molecule has 4 aromatic carbocycles. The van der Waals surface area contributed by atoms with E-state index in [1.807, 2.05) is 77.9 Å². The monoisotopic (exact) mass is 1110 g/mol. The summed E-state index contributed by atoms with van der Waals surface area (Å²) in [5, 5.41) is 12.3.